The molecule has 3 N–H and O–H groups in total. The number of allylic oxidation sites excluding steroid dienone is 10. The van der Waals surface area contributed by atoms with Crippen LogP contribution in [0.15, 0.2) is 102 Å². The van der Waals surface area contributed by atoms with Gasteiger partial charge in [0, 0.05) is 11.8 Å². The van der Waals surface area contributed by atoms with Gasteiger partial charge in [-0.25, -0.2) is 9.59 Å². The fourth-order valence-corrected chi connectivity index (χ4v) is 4.53. The Labute approximate surface area is 217 Å². The van der Waals surface area contributed by atoms with Crippen LogP contribution in [-0.2, 0) is 14.4 Å². The lowest BCUT2D eigenvalue weighted by Gasteiger charge is -2.21. The average molecular weight is 503 g/mol. The first-order chi connectivity index (χ1) is 17.7. The Bertz CT molecular complexity index is 1150. The topological polar surface area (TPSA) is 112 Å². The molecule has 4 atom stereocenters. The molecule has 6 nitrogen and oxygen atoms in total. The van der Waals surface area contributed by atoms with E-state index in [2.05, 4.69) is 18.2 Å². The summed E-state index contributed by atoms with van der Waals surface area (Å²) in [6.07, 6.45) is 21.1. The van der Waals surface area contributed by atoms with Crippen molar-refractivity contribution in [1.29, 1.82) is 0 Å². The van der Waals surface area contributed by atoms with Gasteiger partial charge in [-0.15, -0.1) is 0 Å². The second-order valence-corrected chi connectivity index (χ2v) is 9.70. The molecule has 4 unspecified atom stereocenters. The highest BCUT2D eigenvalue weighted by atomic mass is 16.4. The summed E-state index contributed by atoms with van der Waals surface area (Å²) in [4.78, 5) is 34.0. The van der Waals surface area contributed by atoms with E-state index in [0.717, 1.165) is 18.4 Å². The van der Waals surface area contributed by atoms with Crippen molar-refractivity contribution in [2.45, 2.75) is 32.6 Å². The van der Waals surface area contributed by atoms with E-state index < -0.39 is 17.9 Å². The predicted octanol–water partition coefficient (Wildman–Crippen LogP) is 6.03. The molecular weight excluding hydrogens is 468 g/mol. The van der Waals surface area contributed by atoms with Crippen LogP contribution in [-0.4, -0.2) is 33.2 Å². The fraction of sp³-hybridized carbons (Fsp3) is 0.323. The molecule has 37 heavy (non-hydrogen) atoms. The first-order valence-corrected chi connectivity index (χ1v) is 12.6. The zero-order chi connectivity index (χ0) is 26.9. The van der Waals surface area contributed by atoms with Gasteiger partial charge in [0.25, 0.3) is 0 Å². The summed E-state index contributed by atoms with van der Waals surface area (Å²) in [5, 5.41) is 27.8. The van der Waals surface area contributed by atoms with E-state index in [1.165, 1.54) is 6.08 Å². The number of rotatable bonds is 5. The molecule has 0 amide bonds. The van der Waals surface area contributed by atoms with Gasteiger partial charge >= 0.3 is 17.9 Å². The lowest BCUT2D eigenvalue weighted by atomic mass is 9.84. The molecule has 6 heteroatoms. The molecule has 0 spiro atoms. The minimum atomic E-state index is -1.21. The van der Waals surface area contributed by atoms with Crippen LogP contribution in [0.5, 0.6) is 0 Å². The third-order valence-corrected chi connectivity index (χ3v) is 7.09. The summed E-state index contributed by atoms with van der Waals surface area (Å²) in [7, 11) is 0. The molecule has 0 fully saturated rings. The van der Waals surface area contributed by atoms with Crippen LogP contribution in [0.1, 0.15) is 38.2 Å². The lowest BCUT2D eigenvalue weighted by Crippen LogP contribution is -2.16. The Balaban J connectivity index is 0.000000248. The SMILES string of the molecule is CC(C(=O)O)C(C)c1ccccc1.O=C(O)C1=CC2C=CC(C=C2)/C=C\C2C=CC(C=C1C(=O)O)CC2. The molecule has 0 aliphatic heterocycles. The van der Waals surface area contributed by atoms with Crippen molar-refractivity contribution in [2.75, 3.05) is 0 Å². The average Bonchev–Trinajstić information content (AvgIpc) is 2.90. The van der Waals surface area contributed by atoms with Crippen molar-refractivity contribution in [1.82, 2.24) is 0 Å². The molecule has 0 radical (unpaired) electrons. The standard InChI is InChI=1S/C20H20O4.C11H14O2/c21-19(22)17-11-15-7-3-13(4-8-15)1-2-14-5-9-16(10-6-14)12-18(17)20(23)24;1-8(9(2)11(12)13)10-6-4-3-5-7-10/h1-5,7-9,11-16H,6,10H2,(H,21,22)(H,23,24);3-9H,1-2H3,(H,12,13)/b2-1-,17-11?,18-12?;. The molecule has 6 aliphatic rings. The molecule has 6 aliphatic carbocycles. The van der Waals surface area contributed by atoms with Gasteiger partial charge in [-0.05, 0) is 36.2 Å². The van der Waals surface area contributed by atoms with Crippen molar-refractivity contribution in [3.05, 3.63) is 108 Å². The summed E-state index contributed by atoms with van der Waals surface area (Å²) >= 11 is 0. The van der Waals surface area contributed by atoms with Crippen molar-refractivity contribution in [3.63, 3.8) is 0 Å². The van der Waals surface area contributed by atoms with Gasteiger partial charge in [0.05, 0.1) is 17.1 Å². The second-order valence-electron chi connectivity index (χ2n) is 9.70. The first-order valence-electron chi connectivity index (χ1n) is 12.6. The Morgan fingerprint density at radius 3 is 1.70 bits per heavy atom. The molecule has 194 valence electrons. The first kappa shape index (κ1) is 27.7. The summed E-state index contributed by atoms with van der Waals surface area (Å²) in [5.41, 5.74) is 0.799. The van der Waals surface area contributed by atoms with Gasteiger partial charge in [0.15, 0.2) is 0 Å². The van der Waals surface area contributed by atoms with E-state index in [1.807, 2.05) is 67.6 Å². The van der Waals surface area contributed by atoms with Crippen LogP contribution in [0, 0.1) is 29.6 Å². The van der Waals surface area contributed by atoms with Crippen LogP contribution in [0.4, 0.5) is 0 Å². The van der Waals surface area contributed by atoms with Crippen LogP contribution in [0.2, 0.25) is 0 Å². The molecule has 0 heterocycles. The van der Waals surface area contributed by atoms with E-state index in [1.54, 1.807) is 13.0 Å². The molecule has 4 bridgehead atoms. The van der Waals surface area contributed by atoms with Crippen molar-refractivity contribution in [2.24, 2.45) is 29.6 Å². The molecule has 0 aromatic heterocycles. The number of carboxylic acid groups (broad SMARTS) is 3. The Morgan fingerprint density at radius 1 is 0.676 bits per heavy atom. The summed E-state index contributed by atoms with van der Waals surface area (Å²) < 4.78 is 0. The predicted molar refractivity (Wildman–Crippen MR) is 143 cm³/mol. The highest BCUT2D eigenvalue weighted by molar-refractivity contribution is 6.05. The van der Waals surface area contributed by atoms with Crippen molar-refractivity contribution < 1.29 is 29.7 Å². The van der Waals surface area contributed by atoms with Crippen LogP contribution in [0.3, 0.4) is 0 Å². The Kier molecular flexibility index (Phi) is 9.61. The zero-order valence-electron chi connectivity index (χ0n) is 21.1. The van der Waals surface area contributed by atoms with Gasteiger partial charge in [-0.2, -0.15) is 0 Å². The van der Waals surface area contributed by atoms with E-state index in [-0.39, 0.29) is 40.7 Å². The van der Waals surface area contributed by atoms with Gasteiger partial charge < -0.3 is 15.3 Å². The second kappa shape index (κ2) is 12.9. The third kappa shape index (κ3) is 7.78. The van der Waals surface area contributed by atoms with E-state index in [9.17, 15) is 24.6 Å². The van der Waals surface area contributed by atoms with Gasteiger partial charge in [-0.3, -0.25) is 4.79 Å². The maximum Gasteiger partial charge on any atom is 0.336 e. The monoisotopic (exact) mass is 502 g/mol. The fourth-order valence-electron chi connectivity index (χ4n) is 4.53. The van der Waals surface area contributed by atoms with Gasteiger partial charge in [0.1, 0.15) is 0 Å². The summed E-state index contributed by atoms with van der Waals surface area (Å²) in [6, 6.07) is 9.72. The van der Waals surface area contributed by atoms with Gasteiger partial charge in [0.2, 0.25) is 0 Å². The smallest absolute Gasteiger partial charge is 0.336 e. The minimum absolute atomic E-state index is 0.0466. The number of carboxylic acids is 3. The number of carbonyl (C=O) groups is 3. The largest absolute Gasteiger partial charge is 0.481 e. The number of aliphatic carboxylic acids is 3. The highest BCUT2D eigenvalue weighted by Crippen LogP contribution is 2.29. The maximum absolute atomic E-state index is 11.6. The van der Waals surface area contributed by atoms with Crippen LogP contribution in [0.25, 0.3) is 0 Å². The van der Waals surface area contributed by atoms with Crippen molar-refractivity contribution in [3.8, 4) is 0 Å². The molecule has 0 saturated heterocycles. The highest BCUT2D eigenvalue weighted by Gasteiger charge is 2.24. The normalized spacial score (nSPS) is 26.5. The summed E-state index contributed by atoms with van der Waals surface area (Å²) in [5.74, 6) is -3.12. The van der Waals surface area contributed by atoms with E-state index in [4.69, 9.17) is 5.11 Å². The third-order valence-electron chi connectivity index (χ3n) is 7.09. The lowest BCUT2D eigenvalue weighted by molar-refractivity contribution is -0.141. The molecular formula is C31H34O6. The number of hydrogen-bond donors (Lipinski definition) is 3. The van der Waals surface area contributed by atoms with Crippen LogP contribution < -0.4 is 0 Å². The quantitative estimate of drug-likeness (QED) is 0.424. The van der Waals surface area contributed by atoms with Crippen molar-refractivity contribution >= 4 is 17.9 Å². The molecule has 0 saturated carbocycles. The summed E-state index contributed by atoms with van der Waals surface area (Å²) in [6.45, 7) is 3.67. The number of hydrogen-bond acceptors (Lipinski definition) is 3. The number of benzene rings is 1. The maximum atomic E-state index is 11.6. The zero-order valence-corrected chi connectivity index (χ0v) is 21.1. The van der Waals surface area contributed by atoms with Crippen LogP contribution >= 0.6 is 0 Å². The Morgan fingerprint density at radius 2 is 1.16 bits per heavy atom. The molecule has 1 aromatic rings. The Hall–Kier alpha value is -3.93. The van der Waals surface area contributed by atoms with E-state index in [0.29, 0.717) is 5.92 Å². The molecule has 7 rings (SSSR count). The van der Waals surface area contributed by atoms with Gasteiger partial charge in [-0.1, -0.05) is 105 Å². The van der Waals surface area contributed by atoms with E-state index >= 15 is 0 Å². The molecule has 1 aromatic carbocycles. The minimum Gasteiger partial charge on any atom is -0.481 e.